The van der Waals surface area contributed by atoms with Gasteiger partial charge in [0, 0.05) is 18.5 Å². The Bertz CT molecular complexity index is 580. The maximum Gasteiger partial charge on any atom is 0.349 e. The van der Waals surface area contributed by atoms with Gasteiger partial charge in [-0.15, -0.1) is 11.3 Å². The van der Waals surface area contributed by atoms with Crippen LogP contribution in [0.3, 0.4) is 0 Å². The fourth-order valence-corrected chi connectivity index (χ4v) is 3.64. The van der Waals surface area contributed by atoms with Gasteiger partial charge in [-0.1, -0.05) is 0 Å². The zero-order chi connectivity index (χ0) is 16.1. The molecule has 118 valence electrons. The summed E-state index contributed by atoms with van der Waals surface area (Å²) in [4.78, 5) is 27.5. The number of hydrogen-bond donors (Lipinski definition) is 0. The molecule has 0 unspecified atom stereocenters. The molecular weight excluding hydrogens is 300 g/mol. The van der Waals surface area contributed by atoms with Gasteiger partial charge in [0.15, 0.2) is 6.10 Å². The molecule has 0 aromatic carbocycles. The maximum atomic E-state index is 12.2. The van der Waals surface area contributed by atoms with Gasteiger partial charge in [0.05, 0.1) is 12.5 Å². The first-order chi connectivity index (χ1) is 10.5. The van der Waals surface area contributed by atoms with Crippen LogP contribution in [0.15, 0.2) is 6.07 Å². The third-order valence-electron chi connectivity index (χ3n) is 3.76. The second-order valence-corrected chi connectivity index (χ2v) is 6.62. The van der Waals surface area contributed by atoms with Crippen molar-refractivity contribution >= 4 is 23.2 Å². The number of amides is 1. The van der Waals surface area contributed by atoms with E-state index in [1.165, 1.54) is 33.1 Å². The lowest BCUT2D eigenvalue weighted by molar-refractivity contribution is -0.138. The fraction of sp³-hybridized carbons (Fsp3) is 0.562. The number of nitriles is 1. The Balaban J connectivity index is 1.95. The molecule has 2 rings (SSSR count). The molecular formula is C16H20N2O3S. The molecule has 1 aliphatic carbocycles. The van der Waals surface area contributed by atoms with E-state index >= 15 is 0 Å². The predicted molar refractivity (Wildman–Crippen MR) is 83.7 cm³/mol. The topological polar surface area (TPSA) is 70.4 Å². The number of nitrogens with zero attached hydrogens (tertiary/aromatic N) is 2. The predicted octanol–water partition coefficient (Wildman–Crippen LogP) is 2.54. The van der Waals surface area contributed by atoms with Gasteiger partial charge in [-0.2, -0.15) is 5.26 Å². The summed E-state index contributed by atoms with van der Waals surface area (Å²) in [5, 5.41) is 8.54. The first-order valence-corrected chi connectivity index (χ1v) is 8.29. The number of ether oxygens (including phenoxy) is 1. The van der Waals surface area contributed by atoms with Gasteiger partial charge in [0.25, 0.3) is 5.91 Å². The van der Waals surface area contributed by atoms with E-state index in [0.29, 0.717) is 11.4 Å². The summed E-state index contributed by atoms with van der Waals surface area (Å²) in [7, 11) is 1.61. The summed E-state index contributed by atoms with van der Waals surface area (Å²) < 4.78 is 5.27. The quantitative estimate of drug-likeness (QED) is 0.782. The second kappa shape index (κ2) is 7.41. The summed E-state index contributed by atoms with van der Waals surface area (Å²) in [5.41, 5.74) is 1.24. The number of thiophene rings is 1. The Morgan fingerprint density at radius 2 is 2.18 bits per heavy atom. The van der Waals surface area contributed by atoms with E-state index in [2.05, 4.69) is 0 Å². The number of rotatable bonds is 5. The van der Waals surface area contributed by atoms with Crippen LogP contribution >= 0.6 is 11.3 Å². The molecule has 1 aromatic heterocycles. The molecule has 0 fully saturated rings. The molecule has 5 nitrogen and oxygen atoms in total. The lowest BCUT2D eigenvalue weighted by atomic mass is 9.99. The van der Waals surface area contributed by atoms with Crippen LogP contribution in [-0.4, -0.2) is 36.5 Å². The SMILES string of the molecule is C[C@@H](OC(=O)c1cc2c(s1)CCCC2)C(=O)N(C)CCC#N. The highest BCUT2D eigenvalue weighted by Gasteiger charge is 2.24. The van der Waals surface area contributed by atoms with E-state index in [0.717, 1.165) is 19.3 Å². The van der Waals surface area contributed by atoms with Crippen LogP contribution in [0.5, 0.6) is 0 Å². The number of esters is 1. The third kappa shape index (κ3) is 3.86. The van der Waals surface area contributed by atoms with Crippen LogP contribution in [0.25, 0.3) is 0 Å². The molecule has 0 bridgehead atoms. The van der Waals surface area contributed by atoms with Crippen molar-refractivity contribution in [2.24, 2.45) is 0 Å². The van der Waals surface area contributed by atoms with E-state index in [1.54, 1.807) is 14.0 Å². The van der Waals surface area contributed by atoms with Crippen molar-refractivity contribution in [1.82, 2.24) is 4.90 Å². The molecule has 1 atom stereocenters. The van der Waals surface area contributed by atoms with Gasteiger partial charge in [0.2, 0.25) is 0 Å². The number of carbonyl (C=O) groups is 2. The number of aryl methyl sites for hydroxylation is 2. The van der Waals surface area contributed by atoms with Gasteiger partial charge >= 0.3 is 5.97 Å². The molecule has 22 heavy (non-hydrogen) atoms. The number of carbonyl (C=O) groups excluding carboxylic acids is 2. The molecule has 1 aliphatic rings. The summed E-state index contributed by atoms with van der Waals surface area (Å²) in [5.74, 6) is -0.723. The van der Waals surface area contributed by atoms with Crippen LogP contribution in [0.4, 0.5) is 0 Å². The Kier molecular flexibility index (Phi) is 5.56. The minimum absolute atomic E-state index is 0.264. The fourth-order valence-electron chi connectivity index (χ4n) is 2.50. The highest BCUT2D eigenvalue weighted by Crippen LogP contribution is 2.30. The van der Waals surface area contributed by atoms with Crippen LogP contribution in [0, 0.1) is 11.3 Å². The van der Waals surface area contributed by atoms with Crippen molar-refractivity contribution < 1.29 is 14.3 Å². The van der Waals surface area contributed by atoms with Crippen molar-refractivity contribution in [3.05, 3.63) is 21.4 Å². The second-order valence-electron chi connectivity index (χ2n) is 5.48. The minimum Gasteiger partial charge on any atom is -0.448 e. The number of fused-ring (bicyclic) bond motifs is 1. The van der Waals surface area contributed by atoms with E-state index < -0.39 is 12.1 Å². The molecule has 1 heterocycles. The van der Waals surface area contributed by atoms with Crippen LogP contribution in [-0.2, 0) is 22.4 Å². The standard InChI is InChI=1S/C16H20N2O3S/c1-11(15(19)18(2)9-5-8-17)21-16(20)14-10-12-6-3-4-7-13(12)22-14/h10-11H,3-7,9H2,1-2H3/t11-/m1/s1. The first kappa shape index (κ1) is 16.5. The molecule has 0 N–H and O–H groups in total. The van der Waals surface area contributed by atoms with Crippen molar-refractivity contribution in [1.29, 1.82) is 5.26 Å². The Labute approximate surface area is 134 Å². The lowest BCUT2D eigenvalue weighted by Gasteiger charge is -2.20. The molecule has 1 amide bonds. The minimum atomic E-state index is -0.838. The molecule has 0 aliphatic heterocycles. The van der Waals surface area contributed by atoms with Crippen molar-refractivity contribution in [2.45, 2.75) is 45.1 Å². The lowest BCUT2D eigenvalue weighted by Crippen LogP contribution is -2.37. The van der Waals surface area contributed by atoms with Gasteiger partial charge in [-0.05, 0) is 44.2 Å². The van der Waals surface area contributed by atoms with Gasteiger partial charge < -0.3 is 9.64 Å². The third-order valence-corrected chi connectivity index (χ3v) is 4.98. The first-order valence-electron chi connectivity index (χ1n) is 7.47. The highest BCUT2D eigenvalue weighted by atomic mass is 32.1. The zero-order valence-corrected chi connectivity index (χ0v) is 13.7. The van der Waals surface area contributed by atoms with Crippen LogP contribution in [0.1, 0.15) is 46.3 Å². The normalized spacial score (nSPS) is 14.6. The van der Waals surface area contributed by atoms with E-state index in [9.17, 15) is 9.59 Å². The van der Waals surface area contributed by atoms with Gasteiger partial charge in [0.1, 0.15) is 4.88 Å². The molecule has 0 saturated carbocycles. The average molecular weight is 320 g/mol. The van der Waals surface area contributed by atoms with E-state index in [-0.39, 0.29) is 12.3 Å². The van der Waals surface area contributed by atoms with E-state index in [1.807, 2.05) is 12.1 Å². The largest absolute Gasteiger partial charge is 0.448 e. The van der Waals surface area contributed by atoms with Crippen molar-refractivity contribution in [3.8, 4) is 6.07 Å². The highest BCUT2D eigenvalue weighted by molar-refractivity contribution is 7.14. The number of hydrogen-bond acceptors (Lipinski definition) is 5. The summed E-state index contributed by atoms with van der Waals surface area (Å²) in [6.07, 6.45) is 3.80. The summed E-state index contributed by atoms with van der Waals surface area (Å²) >= 11 is 1.48. The Morgan fingerprint density at radius 1 is 1.45 bits per heavy atom. The summed E-state index contributed by atoms with van der Waals surface area (Å²) in [6, 6.07) is 3.89. The Hall–Kier alpha value is -1.87. The maximum absolute atomic E-state index is 12.2. The smallest absolute Gasteiger partial charge is 0.349 e. The van der Waals surface area contributed by atoms with Crippen molar-refractivity contribution in [3.63, 3.8) is 0 Å². The van der Waals surface area contributed by atoms with Crippen molar-refractivity contribution in [2.75, 3.05) is 13.6 Å². The molecule has 0 saturated heterocycles. The molecule has 1 aromatic rings. The monoisotopic (exact) mass is 320 g/mol. The Morgan fingerprint density at radius 3 is 2.86 bits per heavy atom. The zero-order valence-electron chi connectivity index (χ0n) is 12.9. The van der Waals surface area contributed by atoms with E-state index in [4.69, 9.17) is 10.00 Å². The molecule has 0 spiro atoms. The van der Waals surface area contributed by atoms with Crippen LogP contribution in [0.2, 0.25) is 0 Å². The average Bonchev–Trinajstić information content (AvgIpc) is 2.95. The van der Waals surface area contributed by atoms with Gasteiger partial charge in [-0.25, -0.2) is 4.79 Å². The van der Waals surface area contributed by atoms with Gasteiger partial charge in [-0.3, -0.25) is 4.79 Å². The number of likely N-dealkylation sites (N-methyl/N-ethyl adjacent to an activating group) is 1. The summed E-state index contributed by atoms with van der Waals surface area (Å²) in [6.45, 7) is 1.90. The van der Waals surface area contributed by atoms with Crippen LogP contribution < -0.4 is 0 Å². The molecule has 0 radical (unpaired) electrons. The molecule has 6 heteroatoms.